The third-order valence-electron chi connectivity index (χ3n) is 5.28. The van der Waals surface area contributed by atoms with Crippen molar-refractivity contribution in [3.05, 3.63) is 35.4 Å². The Morgan fingerprint density at radius 1 is 1.17 bits per heavy atom. The van der Waals surface area contributed by atoms with Gasteiger partial charge >= 0.3 is 0 Å². The topological polar surface area (TPSA) is 118 Å². The number of ether oxygens (including phenoxy) is 1. The molecule has 8 heteroatoms. The third kappa shape index (κ3) is 7.38. The van der Waals surface area contributed by atoms with E-state index in [1.807, 2.05) is 19.1 Å². The van der Waals surface area contributed by atoms with E-state index in [1.54, 1.807) is 19.2 Å². The predicted molar refractivity (Wildman–Crippen MR) is 114 cm³/mol. The molecule has 160 valence electrons. The lowest BCUT2D eigenvalue weighted by Crippen LogP contribution is -2.46. The molecule has 0 saturated heterocycles. The minimum atomic E-state index is -0.571. The Balaban J connectivity index is 1.90. The summed E-state index contributed by atoms with van der Waals surface area (Å²) in [5, 5.41) is 9.23. The van der Waals surface area contributed by atoms with Crippen molar-refractivity contribution in [3.8, 4) is 0 Å². The first-order valence-electron chi connectivity index (χ1n) is 10.1. The summed E-state index contributed by atoms with van der Waals surface area (Å²) in [5.74, 6) is -0.103. The van der Waals surface area contributed by atoms with Crippen LogP contribution in [0.4, 0.5) is 0 Å². The number of nitrogens with one attached hydrogen (secondary N) is 3. The summed E-state index contributed by atoms with van der Waals surface area (Å²) in [4.78, 5) is 27.3. The normalized spacial score (nSPS) is 15.3. The summed E-state index contributed by atoms with van der Waals surface area (Å²) in [6, 6.07) is 7.15. The van der Waals surface area contributed by atoms with Crippen LogP contribution in [0.25, 0.3) is 0 Å². The number of guanidine groups is 1. The third-order valence-corrected chi connectivity index (χ3v) is 5.28. The minimum Gasteiger partial charge on any atom is -0.385 e. The van der Waals surface area contributed by atoms with Crippen LogP contribution in [-0.4, -0.2) is 51.1 Å². The van der Waals surface area contributed by atoms with Crippen molar-refractivity contribution in [1.29, 1.82) is 0 Å². The van der Waals surface area contributed by atoms with E-state index in [0.717, 1.165) is 37.6 Å². The second kappa shape index (κ2) is 11.4. The molecule has 0 radical (unpaired) electrons. The van der Waals surface area contributed by atoms with Crippen molar-refractivity contribution in [2.75, 3.05) is 33.4 Å². The first-order valence-corrected chi connectivity index (χ1v) is 10.1. The number of hydrogen-bond acceptors (Lipinski definition) is 4. The van der Waals surface area contributed by atoms with E-state index in [-0.39, 0.29) is 12.5 Å². The van der Waals surface area contributed by atoms with Gasteiger partial charge in [0, 0.05) is 32.4 Å². The molecule has 1 aliphatic rings. The molecule has 0 spiro atoms. The number of nitrogens with zero attached hydrogens (tertiary/aromatic N) is 1. The van der Waals surface area contributed by atoms with Crippen LogP contribution in [-0.2, 0) is 16.1 Å². The van der Waals surface area contributed by atoms with E-state index in [1.165, 1.54) is 19.3 Å². The molecule has 8 nitrogen and oxygen atoms in total. The summed E-state index contributed by atoms with van der Waals surface area (Å²) in [6.07, 6.45) is 4.79. The Hall–Kier alpha value is -2.61. The molecule has 2 amide bonds. The number of primary amides is 1. The fraction of sp³-hybridized carbons (Fsp3) is 0.571. The van der Waals surface area contributed by atoms with Crippen LogP contribution in [0.5, 0.6) is 0 Å². The van der Waals surface area contributed by atoms with Crippen LogP contribution < -0.4 is 21.7 Å². The number of amides is 2. The summed E-state index contributed by atoms with van der Waals surface area (Å²) in [5.41, 5.74) is 6.82. The highest BCUT2D eigenvalue weighted by Gasteiger charge is 2.36. The van der Waals surface area contributed by atoms with Gasteiger partial charge in [-0.25, -0.2) is 4.99 Å². The number of nitrogens with two attached hydrogens (primary N) is 1. The number of hydrogen-bond donors (Lipinski definition) is 4. The van der Waals surface area contributed by atoms with Crippen molar-refractivity contribution < 1.29 is 14.3 Å². The molecule has 0 unspecified atom stereocenters. The minimum absolute atomic E-state index is 0.172. The first kappa shape index (κ1) is 22.7. The molecule has 2 rings (SSSR count). The second-order valence-corrected chi connectivity index (χ2v) is 7.49. The van der Waals surface area contributed by atoms with Crippen LogP contribution in [0.2, 0.25) is 0 Å². The first-order chi connectivity index (χ1) is 14.0. The lowest BCUT2D eigenvalue weighted by atomic mass is 9.67. The number of carbonyl (C=O) groups excluding carboxylic acids is 2. The van der Waals surface area contributed by atoms with E-state index in [4.69, 9.17) is 10.5 Å². The van der Waals surface area contributed by atoms with Gasteiger partial charge in [-0.2, -0.15) is 0 Å². The molecule has 1 saturated carbocycles. The van der Waals surface area contributed by atoms with Gasteiger partial charge in [0.25, 0.3) is 5.91 Å². The summed E-state index contributed by atoms with van der Waals surface area (Å²) >= 11 is 0. The smallest absolute Gasteiger partial charge is 0.251 e. The molecule has 0 heterocycles. The summed E-state index contributed by atoms with van der Waals surface area (Å²) < 4.78 is 5.26. The average Bonchev–Trinajstić information content (AvgIpc) is 2.69. The van der Waals surface area contributed by atoms with Gasteiger partial charge in [0.05, 0.1) is 13.1 Å². The Kier molecular flexibility index (Phi) is 8.92. The van der Waals surface area contributed by atoms with Gasteiger partial charge in [0.2, 0.25) is 5.91 Å². The van der Waals surface area contributed by atoms with Gasteiger partial charge in [0.15, 0.2) is 5.96 Å². The molecule has 5 N–H and O–H groups in total. The molecule has 0 bridgehead atoms. The monoisotopic (exact) mass is 403 g/mol. The van der Waals surface area contributed by atoms with Gasteiger partial charge in [0.1, 0.15) is 0 Å². The van der Waals surface area contributed by atoms with E-state index in [0.29, 0.717) is 17.5 Å². The number of rotatable bonds is 11. The van der Waals surface area contributed by atoms with E-state index in [2.05, 4.69) is 20.9 Å². The lowest BCUT2D eigenvalue weighted by Gasteiger charge is -2.42. The van der Waals surface area contributed by atoms with Crippen LogP contribution in [0.1, 0.15) is 48.5 Å². The van der Waals surface area contributed by atoms with Crippen LogP contribution >= 0.6 is 0 Å². The number of benzene rings is 1. The predicted octanol–water partition coefficient (Wildman–Crippen LogP) is 1.16. The van der Waals surface area contributed by atoms with Crippen molar-refractivity contribution in [3.63, 3.8) is 0 Å². The maximum Gasteiger partial charge on any atom is 0.251 e. The van der Waals surface area contributed by atoms with E-state index < -0.39 is 5.91 Å². The zero-order valence-electron chi connectivity index (χ0n) is 17.4. The molecule has 0 aliphatic heterocycles. The number of methoxy groups -OCH3 is 1. The molecule has 29 heavy (non-hydrogen) atoms. The maximum absolute atomic E-state index is 11.9. The van der Waals surface area contributed by atoms with Gasteiger partial charge in [-0.1, -0.05) is 18.6 Å². The Bertz CT molecular complexity index is 699. The van der Waals surface area contributed by atoms with E-state index >= 15 is 0 Å². The highest BCUT2D eigenvalue weighted by atomic mass is 16.5. The maximum atomic E-state index is 11.9. The number of carbonyl (C=O) groups is 2. The average molecular weight is 404 g/mol. The number of aliphatic imine (C=N–C) groups is 1. The molecular weight excluding hydrogens is 370 g/mol. The summed E-state index contributed by atoms with van der Waals surface area (Å²) in [7, 11) is 1.75. The molecule has 0 aromatic heterocycles. The van der Waals surface area contributed by atoms with Gasteiger partial charge in [-0.3, -0.25) is 9.59 Å². The molecule has 0 atom stereocenters. The fourth-order valence-electron chi connectivity index (χ4n) is 3.32. The van der Waals surface area contributed by atoms with Gasteiger partial charge in [-0.05, 0) is 49.3 Å². The SMILES string of the molecule is CCNC(=NCc1ccc(C(=O)NCC(N)=O)cc1)NCC1(CCOC)CCC1. The molecular formula is C21H33N5O3. The van der Waals surface area contributed by atoms with Crippen molar-refractivity contribution in [1.82, 2.24) is 16.0 Å². The van der Waals surface area contributed by atoms with Crippen LogP contribution in [0.15, 0.2) is 29.3 Å². The molecule has 1 aliphatic carbocycles. The lowest BCUT2D eigenvalue weighted by molar-refractivity contribution is -0.117. The fourth-order valence-corrected chi connectivity index (χ4v) is 3.32. The largest absolute Gasteiger partial charge is 0.385 e. The zero-order chi connectivity index (χ0) is 21.1. The van der Waals surface area contributed by atoms with E-state index in [9.17, 15) is 9.59 Å². The van der Waals surface area contributed by atoms with Crippen molar-refractivity contribution >= 4 is 17.8 Å². The molecule has 1 fully saturated rings. The van der Waals surface area contributed by atoms with Gasteiger partial charge in [-0.15, -0.1) is 0 Å². The quantitative estimate of drug-likeness (QED) is 0.327. The second-order valence-electron chi connectivity index (χ2n) is 7.49. The van der Waals surface area contributed by atoms with Crippen LogP contribution in [0.3, 0.4) is 0 Å². The molecule has 1 aromatic rings. The Morgan fingerprint density at radius 3 is 2.45 bits per heavy atom. The highest BCUT2D eigenvalue weighted by molar-refractivity contribution is 5.96. The van der Waals surface area contributed by atoms with Crippen molar-refractivity contribution in [2.45, 2.75) is 39.2 Å². The highest BCUT2D eigenvalue weighted by Crippen LogP contribution is 2.43. The molecule has 1 aromatic carbocycles. The standard InChI is InChI=1S/C21H33N5O3/c1-3-23-20(26-15-21(9-4-10-21)11-12-29-2)25-13-16-5-7-17(8-6-16)19(28)24-14-18(22)27/h5-8H,3-4,9-15H2,1-2H3,(H2,22,27)(H,24,28)(H2,23,25,26). The summed E-state index contributed by atoms with van der Waals surface area (Å²) in [6.45, 7) is 4.84. The Labute approximate surface area is 172 Å². The van der Waals surface area contributed by atoms with Crippen LogP contribution in [0, 0.1) is 5.41 Å². The zero-order valence-corrected chi connectivity index (χ0v) is 17.4. The van der Waals surface area contributed by atoms with Crippen molar-refractivity contribution in [2.24, 2.45) is 16.1 Å². The van der Waals surface area contributed by atoms with Gasteiger partial charge < -0.3 is 26.4 Å². The Morgan fingerprint density at radius 2 is 1.90 bits per heavy atom.